The van der Waals surface area contributed by atoms with Gasteiger partial charge in [0.15, 0.2) is 23.8 Å². The number of nitrogens with zero attached hydrogens (tertiary/aromatic N) is 11. The first-order valence-electron chi connectivity index (χ1n) is 47.5. The van der Waals surface area contributed by atoms with Gasteiger partial charge in [-0.25, -0.2) is 13.7 Å². The van der Waals surface area contributed by atoms with E-state index < -0.39 is 12.1 Å². The summed E-state index contributed by atoms with van der Waals surface area (Å²) in [6, 6.07) is 111. The first-order chi connectivity index (χ1) is 66.9. The Hall–Kier alpha value is -14.9. The summed E-state index contributed by atoms with van der Waals surface area (Å²) in [4.78, 5) is 12.7. The van der Waals surface area contributed by atoms with Crippen molar-refractivity contribution in [2.24, 2.45) is 0 Å². The van der Waals surface area contributed by atoms with Gasteiger partial charge in [0.05, 0.1) is 43.4 Å². The molecule has 19 aromatic rings. The minimum absolute atomic E-state index is 0. The second-order valence-electron chi connectivity index (χ2n) is 32.5. The average molecular weight is 2060 g/mol. The van der Waals surface area contributed by atoms with E-state index in [-0.39, 0.29) is 94.4 Å². The molecule has 12 nitrogen and oxygen atoms in total. The van der Waals surface area contributed by atoms with Gasteiger partial charge in [-0.3, -0.25) is 4.98 Å². The number of anilines is 1. The number of benzene rings is 13. The average Bonchev–Trinajstić information content (AvgIpc) is 1.56. The number of allylic oxidation sites excluding steroid dienone is 4. The van der Waals surface area contributed by atoms with Gasteiger partial charge in [-0.1, -0.05) is 270 Å². The third kappa shape index (κ3) is 17.9. The van der Waals surface area contributed by atoms with Crippen molar-refractivity contribution in [2.75, 3.05) is 4.90 Å². The van der Waals surface area contributed by atoms with Crippen molar-refractivity contribution in [1.29, 1.82) is 0 Å². The summed E-state index contributed by atoms with van der Waals surface area (Å²) < 4.78 is 83.8. The van der Waals surface area contributed by atoms with Gasteiger partial charge in [-0.2, -0.15) is 48.6 Å². The van der Waals surface area contributed by atoms with Crippen LogP contribution in [-0.2, 0) is 66.4 Å². The molecule has 0 saturated heterocycles. The molecular weight excluding hydrogens is 1960 g/mol. The quantitative estimate of drug-likeness (QED) is 0.112. The maximum Gasteiger partial charge on any atom is 0.295 e. The molecule has 14 heteroatoms. The Morgan fingerprint density at radius 2 is 1.02 bits per heavy atom. The van der Waals surface area contributed by atoms with Gasteiger partial charge in [-0.15, -0.1) is 60.4 Å². The zero-order valence-corrected chi connectivity index (χ0v) is 77.3. The largest absolute Gasteiger partial charge is 0.527 e. The molecule has 0 amide bonds. The van der Waals surface area contributed by atoms with Crippen LogP contribution in [0.1, 0.15) is 95.1 Å². The molecule has 2 radical (unpaired) electrons. The van der Waals surface area contributed by atoms with Crippen LogP contribution in [0.4, 0.5) is 5.69 Å². The van der Waals surface area contributed by atoms with E-state index in [1.807, 2.05) is 134 Å². The molecule has 642 valence electrons. The fraction of sp³-hybridized carbons (Fsp3) is 0.0855. The van der Waals surface area contributed by atoms with Crippen LogP contribution in [0.5, 0.6) is 5.75 Å². The van der Waals surface area contributed by atoms with Gasteiger partial charge >= 0.3 is 0 Å². The fourth-order valence-corrected chi connectivity index (χ4v) is 17.7. The van der Waals surface area contributed by atoms with Gasteiger partial charge in [0.2, 0.25) is 5.69 Å². The summed E-state index contributed by atoms with van der Waals surface area (Å²) in [5, 5.41) is 5.11. The zero-order chi connectivity index (χ0) is 94.1. The van der Waals surface area contributed by atoms with E-state index in [0.717, 1.165) is 59.2 Å². The molecule has 13 aromatic carbocycles. The topological polar surface area (TPSA) is 71.8 Å². The number of imidazole rings is 3. The Labute approximate surface area is 804 Å². The van der Waals surface area contributed by atoms with Gasteiger partial charge in [0, 0.05) is 120 Å². The van der Waals surface area contributed by atoms with Crippen molar-refractivity contribution in [3.8, 4) is 79.5 Å². The predicted octanol–water partition coefficient (Wildman–Crippen LogP) is 24.5. The van der Waals surface area contributed by atoms with Crippen molar-refractivity contribution in [2.45, 2.75) is 65.7 Å². The first-order valence-corrected chi connectivity index (χ1v) is 43.5. The maximum atomic E-state index is 7.98. The normalized spacial score (nSPS) is 13.7. The molecule has 0 spiro atoms. The number of fused-ring (bicyclic) bond motifs is 18. The van der Waals surface area contributed by atoms with E-state index in [9.17, 15) is 0 Å². The summed E-state index contributed by atoms with van der Waals surface area (Å²) in [5.74, 6) is 6.22. The summed E-state index contributed by atoms with van der Waals surface area (Å²) in [6.45, 7) is 18.0. The van der Waals surface area contributed by atoms with Crippen LogP contribution in [0.15, 0.2) is 444 Å². The van der Waals surface area contributed by atoms with E-state index in [1.165, 1.54) is 122 Å². The van der Waals surface area contributed by atoms with E-state index in [0.29, 0.717) is 23.2 Å². The summed E-state index contributed by atoms with van der Waals surface area (Å²) >= 11 is 0. The molecule has 0 aliphatic carbocycles. The third-order valence-electron chi connectivity index (χ3n) is 23.7. The molecule has 7 aliphatic rings. The minimum Gasteiger partial charge on any atom is -0.527 e. The third-order valence-corrected chi connectivity index (χ3v) is 23.7. The molecule has 7 aliphatic heterocycles. The molecule has 0 N–H and O–H groups in total. The molecule has 0 saturated carbocycles. The van der Waals surface area contributed by atoms with Crippen LogP contribution in [-0.4, -0.2) is 28.6 Å². The van der Waals surface area contributed by atoms with E-state index in [1.54, 1.807) is 12.4 Å². The van der Waals surface area contributed by atoms with Crippen molar-refractivity contribution < 1.29 is 74.2 Å². The molecule has 6 aromatic heterocycles. The van der Waals surface area contributed by atoms with Gasteiger partial charge in [0.1, 0.15) is 62.9 Å². The van der Waals surface area contributed by atoms with E-state index in [2.05, 4.69) is 337 Å². The molecule has 131 heavy (non-hydrogen) atoms. The molecule has 0 bridgehead atoms. The zero-order valence-electron chi connectivity index (χ0n) is 80.6. The van der Waals surface area contributed by atoms with E-state index >= 15 is 0 Å². The molecule has 13 heterocycles. The Morgan fingerprint density at radius 1 is 0.466 bits per heavy atom. The number of aromatic nitrogens is 9. The number of rotatable bonds is 8. The van der Waals surface area contributed by atoms with Crippen molar-refractivity contribution in [1.82, 2.24) is 28.6 Å². The number of hydrogen-bond acceptors (Lipinski definition) is 5. The Balaban J connectivity index is 0.000000108. The molecular formula is C117H95Ir2N11O. The van der Waals surface area contributed by atoms with Crippen LogP contribution in [0, 0.1) is 24.9 Å². The maximum absolute atomic E-state index is 7.98. The van der Waals surface area contributed by atoms with Crippen LogP contribution in [0.3, 0.4) is 0 Å². The molecule has 26 rings (SSSR count). The molecule has 0 atom stereocenters. The SMILES string of the molecule is C=C1Oc2ccccc2[C-]=C1c1ccccn1.CC(C)c1cccc(C(C)C)c1-n1cc[n+]2c1-c1ccccc1C2.[2H]c1c([2H])c([2H])c2c(c1[2H])C[n+]1c([2H])c([2H])c([2H])c([2H])c1-2.[Ir].[Ir].[c-]1ccccc1-c1ccccn1.[c-]1ccccc1N1C=C2C=CC=CN2[CH-]1.c1ccc2c(c1)C[n+]1c-2n(-c2cccc3ccccc23)c2ccccc21.c1ccc2c(c1)C[n+]1ccn(-c3cccc4ccccc34)c1-2. The van der Waals surface area contributed by atoms with Crippen LogP contribution < -0.4 is 27.9 Å². The second-order valence-corrected chi connectivity index (χ2v) is 32.5. The van der Waals surface area contributed by atoms with Crippen LogP contribution in [0.2, 0.25) is 0 Å². The predicted molar refractivity (Wildman–Crippen MR) is 518 cm³/mol. The number of ether oxygens (including phenoxy) is 1. The number of para-hydroxylation sites is 5. The monoisotopic (exact) mass is 2060 g/mol. The summed E-state index contributed by atoms with van der Waals surface area (Å²) in [6.07, 6.45) is 25.6. The second kappa shape index (κ2) is 39.4. The van der Waals surface area contributed by atoms with Crippen LogP contribution >= 0.6 is 0 Å². The van der Waals surface area contributed by atoms with Crippen molar-refractivity contribution >= 4 is 43.8 Å². The Kier molecular flexibility index (Phi) is 23.2. The molecule has 0 unspecified atom stereocenters. The van der Waals surface area contributed by atoms with Gasteiger partial charge in [0.25, 0.3) is 17.5 Å². The smallest absolute Gasteiger partial charge is 0.295 e. The standard InChI is InChI=1S/C24H17N2.C22H25N2.C20H15N2.C15H10NO.C13H10N2.C12H10N.C11H8N.2Ir/c1-3-11-19-17(8-1)10-7-15-21(19)26-23-14-6-5-13-22(23)25-16-18-9-2-4-12-20(18)24(25)26;1-15(2)18-10-7-11-19(16(3)4)21(18)24-13-12-23-14-17-8-5-6-9-20(17)22(23)24;1-3-9-17-15(6-1)8-5-11-19(17)22-13-12-21-14-16-7-2-4-10-18(16)20(21)22;1-11-13(14-7-4-5-9-16-14)10-12-6-2-3-8-15(12)17-11;1-2-6-12(7-3-1)15-10-13-8-4-5-9-14(13)11-15;1-2-6-11-10(5-1)9-13-8-4-3-7-12(11)13;1-2-6-10(7-3-1)11-8-4-5-9-12-11;;/h1-15H,16H2;5-13,15-16H,14H2,1-4H3;1-13H,14H2;2-9H,1H2;1-6,8-11H;1-8H,9H2;1-6,8-9H;;/q3*+1;-1;-2;+1;-1;;/i;;;;;1D,2D,3D,4D,5D,6D,7D,8D;;;. The van der Waals surface area contributed by atoms with Gasteiger partial charge < -0.3 is 19.5 Å². The van der Waals surface area contributed by atoms with Crippen LogP contribution in [0.25, 0.3) is 112 Å². The summed E-state index contributed by atoms with van der Waals surface area (Å²) in [5.41, 5.74) is 24.8. The minimum atomic E-state index is -0.411. The van der Waals surface area contributed by atoms with Crippen molar-refractivity contribution in [3.05, 3.63) is 513 Å². The summed E-state index contributed by atoms with van der Waals surface area (Å²) in [7, 11) is 0. The number of hydrogen-bond donors (Lipinski definition) is 0. The van der Waals surface area contributed by atoms with Gasteiger partial charge in [-0.05, 0) is 120 Å². The Bertz CT molecular complexity index is 7880. The molecule has 0 fully saturated rings. The number of pyridine rings is 3. The first kappa shape index (κ1) is 77.3. The Morgan fingerprint density at radius 3 is 1.69 bits per heavy atom. The fourth-order valence-electron chi connectivity index (χ4n) is 17.7. The van der Waals surface area contributed by atoms with E-state index in [4.69, 9.17) is 15.7 Å². The van der Waals surface area contributed by atoms with Crippen molar-refractivity contribution in [3.63, 3.8) is 0 Å².